The molecule has 0 rings (SSSR count). The second-order valence-corrected chi connectivity index (χ2v) is 7.16. The fourth-order valence-electron chi connectivity index (χ4n) is 2.65. The number of hydrogen-bond donors (Lipinski definition) is 5. The van der Waals surface area contributed by atoms with Gasteiger partial charge in [0.1, 0.15) is 0 Å². The van der Waals surface area contributed by atoms with Crippen LogP contribution >= 0.6 is 0 Å². The summed E-state index contributed by atoms with van der Waals surface area (Å²) >= 11 is 0. The summed E-state index contributed by atoms with van der Waals surface area (Å²) in [4.78, 5) is 40.7. The molecule has 0 aliphatic heterocycles. The van der Waals surface area contributed by atoms with Gasteiger partial charge in [-0.2, -0.15) is 0 Å². The van der Waals surface area contributed by atoms with Crippen molar-refractivity contribution in [2.45, 2.75) is 102 Å². The Kier molecular flexibility index (Phi) is 27.7. The Morgan fingerprint density at radius 1 is 0.645 bits per heavy atom. The molecule has 31 heavy (non-hydrogen) atoms. The fourth-order valence-corrected chi connectivity index (χ4v) is 2.65. The van der Waals surface area contributed by atoms with Crippen molar-refractivity contribution in [1.29, 1.82) is 0 Å². The first kappa shape index (κ1) is 36.9. The monoisotopic (exact) mass is 464 g/mol. The molecule has 0 fully saturated rings. The zero-order valence-corrected chi connectivity index (χ0v) is 19.9. The van der Waals surface area contributed by atoms with E-state index < -0.39 is 42.3 Å². The number of rotatable bonds is 17. The number of unbranched alkanes of at least 4 members (excludes halogenated alkanes) is 10. The number of carboxylic acids is 4. The molecule has 0 atom stereocenters. The minimum Gasteiger partial charge on any atom is -1.00 e. The Morgan fingerprint density at radius 3 is 1.23 bits per heavy atom. The third kappa shape index (κ3) is 26.5. The number of carboxylic acid groups (broad SMARTS) is 4. The van der Waals surface area contributed by atoms with Crippen LogP contribution in [0.4, 0.5) is 0 Å². The van der Waals surface area contributed by atoms with Crippen LogP contribution in [0.25, 0.3) is 0 Å². The van der Waals surface area contributed by atoms with Gasteiger partial charge in [0.05, 0.1) is 12.8 Å². The quantitative estimate of drug-likeness (QED) is 0.158. The van der Waals surface area contributed by atoms with E-state index >= 15 is 0 Å². The molecule has 0 radical (unpaired) electrons. The summed E-state index contributed by atoms with van der Waals surface area (Å²) in [6.07, 6.45) is 12.1. The average molecular weight is 465 g/mol. The van der Waals surface area contributed by atoms with Crippen LogP contribution in [-0.4, -0.2) is 83.5 Å². The first-order valence-corrected chi connectivity index (χ1v) is 10.2. The first-order valence-electron chi connectivity index (χ1n) is 10.2. The molecule has 0 saturated carbocycles. The van der Waals surface area contributed by atoms with Gasteiger partial charge in [-0.05, 0) is 6.42 Å². The summed E-state index contributed by atoms with van der Waals surface area (Å²) in [6, 6.07) is 0. The van der Waals surface area contributed by atoms with Crippen LogP contribution < -0.4 is 0 Å². The molecule has 0 aromatic rings. The van der Waals surface area contributed by atoms with Crippen molar-refractivity contribution in [3.05, 3.63) is 0 Å². The average Bonchev–Trinajstić information content (AvgIpc) is 2.58. The van der Waals surface area contributed by atoms with Crippen LogP contribution in [0.1, 0.15) is 99.7 Å². The van der Waals surface area contributed by atoms with E-state index in [0.29, 0.717) is 6.42 Å². The Bertz CT molecular complexity index is 491. The summed E-state index contributed by atoms with van der Waals surface area (Å²) in [5, 5.41) is 42.3. The SMILES string of the molecule is CCCCCCCCCCCCCC(=O)O.O.O=C(O)CC(O)(CC(=O)O)C(=O)O.[H-].[H-].[Mg+2]. The molecule has 0 saturated heterocycles. The number of aliphatic hydroxyl groups is 1. The molecular weight excluding hydrogens is 425 g/mol. The van der Waals surface area contributed by atoms with Crippen LogP contribution in [0.3, 0.4) is 0 Å². The summed E-state index contributed by atoms with van der Waals surface area (Å²) in [5.74, 6) is -5.68. The van der Waals surface area contributed by atoms with E-state index in [9.17, 15) is 19.2 Å². The first-order chi connectivity index (χ1) is 13.5. The number of hydrogen-bond acceptors (Lipinski definition) is 5. The van der Waals surface area contributed by atoms with Crippen LogP contribution in [0.5, 0.6) is 0 Å². The van der Waals surface area contributed by atoms with E-state index in [4.69, 9.17) is 25.5 Å². The second kappa shape index (κ2) is 23.2. The predicted octanol–water partition coefficient (Wildman–Crippen LogP) is 2.54. The van der Waals surface area contributed by atoms with E-state index in [2.05, 4.69) is 6.92 Å². The third-order valence-corrected chi connectivity index (χ3v) is 4.28. The van der Waals surface area contributed by atoms with Crippen molar-refractivity contribution in [2.75, 3.05) is 0 Å². The largest absolute Gasteiger partial charge is 2.00 e. The van der Waals surface area contributed by atoms with Gasteiger partial charge in [-0.15, -0.1) is 0 Å². The summed E-state index contributed by atoms with van der Waals surface area (Å²) in [6.45, 7) is 2.25. The maximum atomic E-state index is 10.3. The maximum Gasteiger partial charge on any atom is 2.00 e. The van der Waals surface area contributed by atoms with Gasteiger partial charge in [-0.25, -0.2) is 4.79 Å². The molecule has 0 aliphatic carbocycles. The van der Waals surface area contributed by atoms with Crippen molar-refractivity contribution in [2.24, 2.45) is 0 Å². The molecule has 0 aromatic carbocycles. The number of carbonyl (C=O) groups is 4. The Labute approximate surface area is 202 Å². The molecule has 182 valence electrons. The van der Waals surface area contributed by atoms with Gasteiger partial charge >= 0.3 is 46.9 Å². The molecule has 0 aliphatic rings. The van der Waals surface area contributed by atoms with Gasteiger partial charge in [0, 0.05) is 6.42 Å². The van der Waals surface area contributed by atoms with E-state index in [1.54, 1.807) is 0 Å². The summed E-state index contributed by atoms with van der Waals surface area (Å²) in [5.41, 5.74) is -2.74. The standard InChI is InChI=1S/C14H28O2.C6H8O7.Mg.H2O.2H/c1-2-3-4-5-6-7-8-9-10-11-12-13-14(15)16;7-3(8)1-6(13,5(11)12)2-4(9)10;;;;/h2-13H2,1H3,(H,15,16);13H,1-2H2,(H,7,8)(H,9,10)(H,11,12);;1H2;;/q;;+2;;2*-1. The van der Waals surface area contributed by atoms with E-state index in [-0.39, 0.29) is 31.4 Å². The van der Waals surface area contributed by atoms with E-state index in [1.165, 1.54) is 57.8 Å². The zero-order valence-electron chi connectivity index (χ0n) is 20.5. The van der Waals surface area contributed by atoms with Gasteiger partial charge in [-0.1, -0.05) is 71.1 Å². The summed E-state index contributed by atoms with van der Waals surface area (Å²) in [7, 11) is 0. The fraction of sp³-hybridized carbons (Fsp3) is 0.800. The van der Waals surface area contributed by atoms with Crippen molar-refractivity contribution >= 4 is 46.9 Å². The molecule has 11 heteroatoms. The Hall–Kier alpha value is -1.43. The van der Waals surface area contributed by atoms with Crippen molar-refractivity contribution in [3.63, 3.8) is 0 Å². The van der Waals surface area contributed by atoms with Gasteiger partial charge in [0.2, 0.25) is 0 Å². The van der Waals surface area contributed by atoms with E-state index in [1.807, 2.05) is 0 Å². The predicted molar refractivity (Wildman–Crippen MR) is 117 cm³/mol. The molecule has 0 aromatic heterocycles. The molecule has 0 heterocycles. The molecule has 10 nitrogen and oxygen atoms in total. The second-order valence-electron chi connectivity index (χ2n) is 7.16. The van der Waals surface area contributed by atoms with Crippen LogP contribution in [0.2, 0.25) is 0 Å². The zero-order chi connectivity index (χ0) is 22.7. The van der Waals surface area contributed by atoms with Crippen molar-refractivity contribution < 1.29 is 53.0 Å². The molecule has 0 bridgehead atoms. The minimum absolute atomic E-state index is 0. The van der Waals surface area contributed by atoms with Crippen LogP contribution in [0, 0.1) is 0 Å². The Balaban J connectivity index is -0.000000100. The van der Waals surface area contributed by atoms with Gasteiger partial charge in [0.15, 0.2) is 5.60 Å². The molecule has 0 spiro atoms. The molecule has 7 N–H and O–H groups in total. The maximum absolute atomic E-state index is 10.3. The van der Waals surface area contributed by atoms with Gasteiger partial charge < -0.3 is 33.9 Å². The molecule has 0 unspecified atom stereocenters. The normalized spacial score (nSPS) is 10.0. The van der Waals surface area contributed by atoms with Gasteiger partial charge in [0.25, 0.3) is 0 Å². The topological polar surface area (TPSA) is 201 Å². The molecular formula is C20H40MgO10. The van der Waals surface area contributed by atoms with Crippen molar-refractivity contribution in [1.82, 2.24) is 0 Å². The van der Waals surface area contributed by atoms with Crippen LogP contribution in [-0.2, 0) is 19.2 Å². The smallest absolute Gasteiger partial charge is 1.00 e. The summed E-state index contributed by atoms with van der Waals surface area (Å²) < 4.78 is 0. The Morgan fingerprint density at radius 2 is 0.968 bits per heavy atom. The number of aliphatic carboxylic acids is 4. The van der Waals surface area contributed by atoms with Crippen LogP contribution in [0.15, 0.2) is 0 Å². The van der Waals surface area contributed by atoms with Crippen molar-refractivity contribution in [3.8, 4) is 0 Å². The van der Waals surface area contributed by atoms with E-state index in [0.717, 1.165) is 12.8 Å². The molecule has 0 amide bonds. The third-order valence-electron chi connectivity index (χ3n) is 4.28. The minimum atomic E-state index is -2.74. The van der Waals surface area contributed by atoms with Gasteiger partial charge in [-0.3, -0.25) is 14.4 Å².